The fraction of sp³-hybridized carbons (Fsp3) is 0.174. The molecule has 0 spiro atoms. The first kappa shape index (κ1) is 19.3. The zero-order valence-electron chi connectivity index (χ0n) is 16.4. The third kappa shape index (κ3) is 4.62. The van der Waals surface area contributed by atoms with Crippen LogP contribution in [0.2, 0.25) is 0 Å². The summed E-state index contributed by atoms with van der Waals surface area (Å²) in [6.45, 7) is 5.86. The average molecular weight is 374 g/mol. The zero-order chi connectivity index (χ0) is 20.1. The molecule has 0 saturated carbocycles. The van der Waals surface area contributed by atoms with Crippen molar-refractivity contribution in [3.63, 3.8) is 0 Å². The maximum absolute atomic E-state index is 12.4. The molecule has 0 aromatic heterocycles. The van der Waals surface area contributed by atoms with Crippen LogP contribution in [0.4, 0.5) is 11.4 Å². The molecule has 3 aromatic rings. The first-order chi connectivity index (χ1) is 13.5. The quantitative estimate of drug-likeness (QED) is 0.301. The van der Waals surface area contributed by atoms with Crippen LogP contribution in [0.15, 0.2) is 70.9 Å². The van der Waals surface area contributed by atoms with Crippen LogP contribution in [-0.2, 0) is 0 Å². The molecule has 0 bridgehead atoms. The molecule has 0 N–H and O–H groups in total. The monoisotopic (exact) mass is 374 g/mol. The number of ether oxygens (including phenoxy) is 2. The van der Waals surface area contributed by atoms with Crippen LogP contribution in [0.25, 0.3) is 0 Å². The minimum absolute atomic E-state index is 0.421. The van der Waals surface area contributed by atoms with Gasteiger partial charge in [-0.05, 0) is 80.4 Å². The van der Waals surface area contributed by atoms with Gasteiger partial charge in [0.15, 0.2) is 0 Å². The first-order valence-corrected chi connectivity index (χ1v) is 8.92. The molecule has 0 unspecified atom stereocenters. The number of esters is 1. The predicted octanol–water partition coefficient (Wildman–Crippen LogP) is 6.26. The van der Waals surface area contributed by atoms with E-state index >= 15 is 0 Å². The maximum Gasteiger partial charge on any atom is 0.343 e. The Morgan fingerprint density at radius 1 is 0.786 bits per heavy atom. The number of nitrogens with zero attached hydrogens (tertiary/aromatic N) is 2. The lowest BCUT2D eigenvalue weighted by atomic mass is 10.1. The van der Waals surface area contributed by atoms with Gasteiger partial charge in [-0.25, -0.2) is 4.79 Å². The van der Waals surface area contributed by atoms with Crippen LogP contribution in [-0.4, -0.2) is 13.1 Å². The number of carbonyl (C=O) groups is 1. The van der Waals surface area contributed by atoms with Crippen LogP contribution in [0, 0.1) is 20.8 Å². The SMILES string of the molecule is COc1ccc(C(=O)Oc2cc(C)c(N=Nc3ccc(C)cc3)c(C)c2)cc1. The van der Waals surface area contributed by atoms with Crippen molar-refractivity contribution in [2.24, 2.45) is 10.2 Å². The summed E-state index contributed by atoms with van der Waals surface area (Å²) in [5.74, 6) is 0.743. The second-order valence-electron chi connectivity index (χ2n) is 6.56. The molecule has 3 aromatic carbocycles. The number of rotatable bonds is 5. The average Bonchev–Trinajstić information content (AvgIpc) is 2.68. The first-order valence-electron chi connectivity index (χ1n) is 8.92. The van der Waals surface area contributed by atoms with Crippen LogP contribution >= 0.6 is 0 Å². The Morgan fingerprint density at radius 3 is 1.96 bits per heavy atom. The third-order valence-electron chi connectivity index (χ3n) is 4.30. The van der Waals surface area contributed by atoms with Gasteiger partial charge in [0.2, 0.25) is 0 Å². The highest BCUT2D eigenvalue weighted by Crippen LogP contribution is 2.30. The van der Waals surface area contributed by atoms with Gasteiger partial charge in [-0.15, -0.1) is 0 Å². The number of aryl methyl sites for hydroxylation is 3. The van der Waals surface area contributed by atoms with Gasteiger partial charge in [0.25, 0.3) is 0 Å². The molecule has 0 aliphatic rings. The molecule has 5 heteroatoms. The predicted molar refractivity (Wildman–Crippen MR) is 109 cm³/mol. The Balaban J connectivity index is 1.77. The Labute approximate surface area is 164 Å². The number of carbonyl (C=O) groups excluding carboxylic acids is 1. The fourth-order valence-corrected chi connectivity index (χ4v) is 2.75. The molecule has 3 rings (SSSR count). The Kier molecular flexibility index (Phi) is 5.84. The number of hydrogen-bond donors (Lipinski definition) is 0. The molecule has 0 aliphatic carbocycles. The number of hydrogen-bond acceptors (Lipinski definition) is 5. The summed E-state index contributed by atoms with van der Waals surface area (Å²) in [6, 6.07) is 18.2. The Hall–Kier alpha value is -3.47. The molecule has 0 saturated heterocycles. The van der Waals surface area contributed by atoms with E-state index in [0.29, 0.717) is 17.1 Å². The smallest absolute Gasteiger partial charge is 0.343 e. The summed E-state index contributed by atoms with van der Waals surface area (Å²) < 4.78 is 10.6. The van der Waals surface area contributed by atoms with Gasteiger partial charge in [0.05, 0.1) is 24.0 Å². The van der Waals surface area contributed by atoms with E-state index < -0.39 is 5.97 Å². The number of azo groups is 1. The van der Waals surface area contributed by atoms with Crippen molar-refractivity contribution in [2.75, 3.05) is 7.11 Å². The molecule has 142 valence electrons. The molecule has 5 nitrogen and oxygen atoms in total. The van der Waals surface area contributed by atoms with E-state index in [1.807, 2.05) is 45.0 Å². The molecule has 0 fully saturated rings. The Bertz CT molecular complexity index is 984. The van der Waals surface area contributed by atoms with Gasteiger partial charge in [-0.1, -0.05) is 17.7 Å². The number of benzene rings is 3. The minimum Gasteiger partial charge on any atom is -0.497 e. The van der Waals surface area contributed by atoms with E-state index in [2.05, 4.69) is 10.2 Å². The lowest BCUT2D eigenvalue weighted by molar-refractivity contribution is 0.0734. The van der Waals surface area contributed by atoms with Crippen molar-refractivity contribution in [1.29, 1.82) is 0 Å². The van der Waals surface area contributed by atoms with Gasteiger partial charge >= 0.3 is 5.97 Å². The van der Waals surface area contributed by atoms with E-state index in [1.54, 1.807) is 43.5 Å². The van der Waals surface area contributed by atoms with Gasteiger partial charge < -0.3 is 9.47 Å². The second-order valence-corrected chi connectivity index (χ2v) is 6.56. The summed E-state index contributed by atoms with van der Waals surface area (Å²) in [7, 11) is 1.58. The topological polar surface area (TPSA) is 60.2 Å². The molecule has 0 aliphatic heterocycles. The lowest BCUT2D eigenvalue weighted by Crippen LogP contribution is -2.08. The minimum atomic E-state index is -0.421. The summed E-state index contributed by atoms with van der Waals surface area (Å²) in [5.41, 5.74) is 4.96. The van der Waals surface area contributed by atoms with E-state index in [1.165, 1.54) is 5.56 Å². The highest BCUT2D eigenvalue weighted by molar-refractivity contribution is 5.91. The summed E-state index contributed by atoms with van der Waals surface area (Å²) in [6.07, 6.45) is 0. The highest BCUT2D eigenvalue weighted by Gasteiger charge is 2.12. The van der Waals surface area contributed by atoms with E-state index in [-0.39, 0.29) is 0 Å². The van der Waals surface area contributed by atoms with Gasteiger partial charge in [-0.3, -0.25) is 0 Å². The van der Waals surface area contributed by atoms with Crippen molar-refractivity contribution in [3.8, 4) is 11.5 Å². The zero-order valence-corrected chi connectivity index (χ0v) is 16.4. The number of methoxy groups -OCH3 is 1. The largest absolute Gasteiger partial charge is 0.497 e. The molecule has 0 radical (unpaired) electrons. The summed E-state index contributed by atoms with van der Waals surface area (Å²) in [5, 5.41) is 8.67. The summed E-state index contributed by atoms with van der Waals surface area (Å²) in [4.78, 5) is 12.4. The molecule has 0 amide bonds. The second kappa shape index (κ2) is 8.48. The van der Waals surface area contributed by atoms with Crippen molar-refractivity contribution < 1.29 is 14.3 Å². The molecular formula is C23H22N2O3. The molecule has 0 heterocycles. The molecule has 0 atom stereocenters. The summed E-state index contributed by atoms with van der Waals surface area (Å²) >= 11 is 0. The van der Waals surface area contributed by atoms with Crippen molar-refractivity contribution in [3.05, 3.63) is 82.9 Å². The van der Waals surface area contributed by atoms with Gasteiger partial charge in [0, 0.05) is 0 Å². The van der Waals surface area contributed by atoms with Crippen molar-refractivity contribution in [2.45, 2.75) is 20.8 Å². The van der Waals surface area contributed by atoms with Crippen molar-refractivity contribution in [1.82, 2.24) is 0 Å². The highest BCUT2D eigenvalue weighted by atomic mass is 16.5. The van der Waals surface area contributed by atoms with Gasteiger partial charge in [0.1, 0.15) is 11.5 Å². The molecular weight excluding hydrogens is 352 g/mol. The van der Waals surface area contributed by atoms with E-state index in [0.717, 1.165) is 22.5 Å². The van der Waals surface area contributed by atoms with E-state index in [9.17, 15) is 4.79 Å². The third-order valence-corrected chi connectivity index (χ3v) is 4.30. The van der Waals surface area contributed by atoms with Crippen molar-refractivity contribution >= 4 is 17.3 Å². The molecule has 28 heavy (non-hydrogen) atoms. The fourth-order valence-electron chi connectivity index (χ4n) is 2.75. The van der Waals surface area contributed by atoms with E-state index in [4.69, 9.17) is 9.47 Å². The van der Waals surface area contributed by atoms with Crippen LogP contribution in [0.3, 0.4) is 0 Å². The van der Waals surface area contributed by atoms with Crippen LogP contribution in [0.1, 0.15) is 27.0 Å². The maximum atomic E-state index is 12.4. The standard InChI is InChI=1S/C23H22N2O3/c1-15-5-9-19(10-6-15)24-25-22-16(2)13-21(14-17(22)3)28-23(26)18-7-11-20(27-4)12-8-18/h5-14H,1-4H3. The van der Waals surface area contributed by atoms with Crippen LogP contribution in [0.5, 0.6) is 11.5 Å². The van der Waals surface area contributed by atoms with Gasteiger partial charge in [-0.2, -0.15) is 10.2 Å². The normalized spacial score (nSPS) is 10.9. The lowest BCUT2D eigenvalue weighted by Gasteiger charge is -2.09. The van der Waals surface area contributed by atoms with Crippen LogP contribution < -0.4 is 9.47 Å². The Morgan fingerprint density at radius 2 is 1.39 bits per heavy atom.